The van der Waals surface area contributed by atoms with Crippen molar-refractivity contribution < 1.29 is 4.79 Å². The molecule has 0 saturated heterocycles. The number of hydrogen-bond donors (Lipinski definition) is 2. The largest absolute Gasteiger partial charge is 0.327 e. The number of benzene rings is 2. The highest BCUT2D eigenvalue weighted by Gasteiger charge is 2.34. The van der Waals surface area contributed by atoms with E-state index in [9.17, 15) is 10.1 Å². The van der Waals surface area contributed by atoms with Crippen LogP contribution in [-0.2, 0) is 10.2 Å². The maximum atomic E-state index is 12.4. The van der Waals surface area contributed by atoms with E-state index in [4.69, 9.17) is 0 Å². The van der Waals surface area contributed by atoms with Crippen molar-refractivity contribution in [2.45, 2.75) is 39.3 Å². The highest BCUT2D eigenvalue weighted by molar-refractivity contribution is 7.84. The molecule has 138 valence electrons. The van der Waals surface area contributed by atoms with Gasteiger partial charge in [0.05, 0.1) is 5.03 Å². The van der Waals surface area contributed by atoms with E-state index in [0.717, 1.165) is 16.8 Å². The first-order valence-electron chi connectivity index (χ1n) is 8.83. The Labute approximate surface area is 165 Å². The van der Waals surface area contributed by atoms with Gasteiger partial charge >= 0.3 is 0 Å². The fourth-order valence-electron chi connectivity index (χ4n) is 3.19. The van der Waals surface area contributed by atoms with Crippen LogP contribution in [0.25, 0.3) is 0 Å². The summed E-state index contributed by atoms with van der Waals surface area (Å²) >= 11 is 4.55. The molecule has 1 heterocycles. The van der Waals surface area contributed by atoms with E-state index < -0.39 is 12.1 Å². The van der Waals surface area contributed by atoms with Crippen molar-refractivity contribution in [1.29, 1.82) is 5.26 Å². The molecule has 1 unspecified atom stereocenters. The van der Waals surface area contributed by atoms with E-state index in [2.05, 4.69) is 50.8 Å². The normalized spacial score (nSPS) is 17.6. The summed E-state index contributed by atoms with van der Waals surface area (Å²) in [4.78, 5) is 14.3. The highest BCUT2D eigenvalue weighted by Crippen LogP contribution is 2.37. The molecule has 0 aliphatic carbocycles. The van der Waals surface area contributed by atoms with Crippen LogP contribution in [0.1, 0.15) is 43.6 Å². The monoisotopic (exact) mass is 377 g/mol. The summed E-state index contributed by atoms with van der Waals surface area (Å²) in [6, 6.07) is 18.0. The molecule has 0 bridgehead atoms. The first kappa shape index (κ1) is 19.1. The Balaban J connectivity index is 2.13. The second kappa shape index (κ2) is 7.13. The Hall–Kier alpha value is -2.71. The molecular weight excluding hydrogens is 354 g/mol. The maximum absolute atomic E-state index is 12.4. The molecule has 2 aromatic rings. The average molecular weight is 378 g/mol. The summed E-state index contributed by atoms with van der Waals surface area (Å²) in [5.41, 5.74) is 4.16. The molecule has 27 heavy (non-hydrogen) atoms. The molecule has 4 nitrogen and oxygen atoms in total. The lowest BCUT2D eigenvalue weighted by Gasteiger charge is -2.39. The van der Waals surface area contributed by atoms with Crippen molar-refractivity contribution in [3.05, 3.63) is 75.8 Å². The van der Waals surface area contributed by atoms with Gasteiger partial charge in [0.2, 0.25) is 0 Å². The van der Waals surface area contributed by atoms with Crippen molar-refractivity contribution in [3.63, 3.8) is 0 Å². The zero-order valence-electron chi connectivity index (χ0n) is 15.9. The number of para-hydroxylation sites is 1. The van der Waals surface area contributed by atoms with Crippen molar-refractivity contribution in [1.82, 2.24) is 5.32 Å². The van der Waals surface area contributed by atoms with Gasteiger partial charge < -0.3 is 10.2 Å². The van der Waals surface area contributed by atoms with E-state index in [1.165, 1.54) is 5.56 Å². The standard InChI is InChI=1S/C22H23N3OS/c1-14-7-5-6-8-18(14)25-19(24-20(26)17(13-23)21(25)27)15-9-11-16(12-10-15)22(2,3)4/h5-12,19,27H,1-4H3,(H,24,26). The minimum absolute atomic E-state index is 0.0177. The second-order valence-electron chi connectivity index (χ2n) is 7.71. The first-order valence-corrected chi connectivity index (χ1v) is 9.28. The molecule has 1 aliphatic heterocycles. The van der Waals surface area contributed by atoms with Crippen molar-refractivity contribution in [3.8, 4) is 6.07 Å². The van der Waals surface area contributed by atoms with Gasteiger partial charge in [-0.25, -0.2) is 0 Å². The van der Waals surface area contributed by atoms with Gasteiger partial charge in [-0.1, -0.05) is 63.2 Å². The van der Waals surface area contributed by atoms with Gasteiger partial charge in [0.15, 0.2) is 0 Å². The van der Waals surface area contributed by atoms with Crippen LogP contribution < -0.4 is 10.2 Å². The van der Waals surface area contributed by atoms with E-state index in [-0.39, 0.29) is 11.0 Å². The lowest BCUT2D eigenvalue weighted by Crippen LogP contribution is -2.46. The molecule has 1 atom stereocenters. The molecule has 1 N–H and O–H groups in total. The molecule has 0 radical (unpaired) electrons. The fourth-order valence-corrected chi connectivity index (χ4v) is 3.57. The first-order chi connectivity index (χ1) is 12.7. The molecule has 1 aliphatic rings. The number of anilines is 1. The van der Waals surface area contributed by atoms with Crippen LogP contribution in [0.15, 0.2) is 59.1 Å². The summed E-state index contributed by atoms with van der Waals surface area (Å²) in [7, 11) is 0. The lowest BCUT2D eigenvalue weighted by molar-refractivity contribution is -0.118. The Morgan fingerprint density at radius 1 is 1.11 bits per heavy atom. The third kappa shape index (κ3) is 3.58. The number of hydrogen-bond acceptors (Lipinski definition) is 4. The van der Waals surface area contributed by atoms with E-state index in [1.54, 1.807) is 0 Å². The van der Waals surface area contributed by atoms with Crippen LogP contribution in [0.2, 0.25) is 0 Å². The maximum Gasteiger partial charge on any atom is 0.266 e. The predicted octanol–water partition coefficient (Wildman–Crippen LogP) is 4.59. The molecule has 0 aromatic heterocycles. The van der Waals surface area contributed by atoms with Gasteiger partial charge in [-0.2, -0.15) is 5.26 Å². The van der Waals surface area contributed by atoms with Gasteiger partial charge in [0.25, 0.3) is 5.91 Å². The van der Waals surface area contributed by atoms with E-state index in [0.29, 0.717) is 5.03 Å². The predicted molar refractivity (Wildman–Crippen MR) is 111 cm³/mol. The van der Waals surface area contributed by atoms with Crippen LogP contribution in [0, 0.1) is 18.3 Å². The van der Waals surface area contributed by atoms with Gasteiger partial charge in [-0.05, 0) is 35.1 Å². The van der Waals surface area contributed by atoms with Crippen molar-refractivity contribution >= 4 is 24.2 Å². The average Bonchev–Trinajstić information content (AvgIpc) is 2.62. The number of rotatable bonds is 2. The van der Waals surface area contributed by atoms with Gasteiger partial charge in [-0.15, -0.1) is 12.6 Å². The third-order valence-electron chi connectivity index (χ3n) is 4.78. The lowest BCUT2D eigenvalue weighted by atomic mass is 9.86. The Morgan fingerprint density at radius 2 is 1.74 bits per heavy atom. The van der Waals surface area contributed by atoms with Crippen LogP contribution in [-0.4, -0.2) is 5.91 Å². The third-order valence-corrected chi connectivity index (χ3v) is 5.22. The number of amides is 1. The number of nitriles is 1. The van der Waals surface area contributed by atoms with Crippen molar-refractivity contribution in [2.75, 3.05) is 4.90 Å². The molecule has 3 rings (SSSR count). The molecule has 1 amide bonds. The summed E-state index contributed by atoms with van der Waals surface area (Å²) in [5.74, 6) is -0.405. The minimum atomic E-state index is -0.433. The van der Waals surface area contributed by atoms with E-state index >= 15 is 0 Å². The molecular formula is C22H23N3OS. The van der Waals surface area contributed by atoms with Crippen LogP contribution in [0.3, 0.4) is 0 Å². The molecule has 5 heteroatoms. The quantitative estimate of drug-likeness (QED) is 0.753. The molecule has 0 fully saturated rings. The Morgan fingerprint density at radius 3 is 2.30 bits per heavy atom. The van der Waals surface area contributed by atoms with Gasteiger partial charge in [0, 0.05) is 5.69 Å². The molecule has 0 spiro atoms. The summed E-state index contributed by atoms with van der Waals surface area (Å²) < 4.78 is 0. The topological polar surface area (TPSA) is 56.1 Å². The zero-order chi connectivity index (χ0) is 19.8. The molecule has 2 aromatic carbocycles. The van der Waals surface area contributed by atoms with Crippen LogP contribution in [0.5, 0.6) is 0 Å². The fraction of sp³-hybridized carbons (Fsp3) is 0.273. The van der Waals surface area contributed by atoms with E-state index in [1.807, 2.05) is 54.3 Å². The zero-order valence-corrected chi connectivity index (χ0v) is 16.8. The summed E-state index contributed by atoms with van der Waals surface area (Å²) in [6.45, 7) is 8.49. The van der Waals surface area contributed by atoms with Gasteiger partial charge in [0.1, 0.15) is 17.8 Å². The van der Waals surface area contributed by atoms with Gasteiger partial charge in [-0.3, -0.25) is 4.79 Å². The smallest absolute Gasteiger partial charge is 0.266 e. The Bertz CT molecular complexity index is 949. The number of aryl methyl sites for hydroxylation is 1. The SMILES string of the molecule is Cc1ccccc1N1C(S)=C(C#N)C(=O)NC1c1ccc(C(C)(C)C)cc1. The minimum Gasteiger partial charge on any atom is -0.327 e. The van der Waals surface area contributed by atoms with Crippen LogP contribution in [0.4, 0.5) is 5.69 Å². The number of carbonyl (C=O) groups excluding carboxylic acids is 1. The summed E-state index contributed by atoms with van der Waals surface area (Å²) in [5, 5.41) is 12.7. The second-order valence-corrected chi connectivity index (χ2v) is 8.14. The van der Waals surface area contributed by atoms with Crippen LogP contribution >= 0.6 is 12.6 Å². The Kier molecular flexibility index (Phi) is 5.03. The molecule has 0 saturated carbocycles. The highest BCUT2D eigenvalue weighted by atomic mass is 32.1. The van der Waals surface area contributed by atoms with Crippen molar-refractivity contribution in [2.24, 2.45) is 0 Å². The number of nitrogens with zero attached hydrogens (tertiary/aromatic N) is 2. The number of carbonyl (C=O) groups is 1. The number of thiol groups is 1. The summed E-state index contributed by atoms with van der Waals surface area (Å²) in [6.07, 6.45) is -0.433. The number of nitrogens with one attached hydrogen (secondary N) is 1.